The number of nitrogens with zero attached hydrogens (tertiary/aromatic N) is 3. The Bertz CT molecular complexity index is 906. The standard InChI is InChI=1S/C21H28N4O4S/c1-12(16-7-6-14(9-22-16)18-13(2)23-11-30-18)24-19(27)17-8-15(26)10-25(17)20(28)29-21(3,4)5/h6-7,9,11-12,15,17,26H,8,10H2,1-5H3,(H,24,27)/t12?,15-,17+/m1/s1. The van der Waals surface area contributed by atoms with E-state index in [2.05, 4.69) is 15.3 Å². The number of likely N-dealkylation sites (tertiary alicyclic amines) is 1. The largest absolute Gasteiger partial charge is 0.444 e. The first-order chi connectivity index (χ1) is 14.0. The summed E-state index contributed by atoms with van der Waals surface area (Å²) in [6.45, 7) is 9.14. The Kier molecular flexibility index (Phi) is 6.42. The zero-order valence-corrected chi connectivity index (χ0v) is 18.7. The monoisotopic (exact) mass is 432 g/mol. The van der Waals surface area contributed by atoms with E-state index in [1.807, 2.05) is 26.0 Å². The van der Waals surface area contributed by atoms with Gasteiger partial charge in [-0.1, -0.05) is 6.07 Å². The minimum Gasteiger partial charge on any atom is -0.444 e. The average molecular weight is 433 g/mol. The molecule has 1 aliphatic rings. The molecule has 9 heteroatoms. The van der Waals surface area contributed by atoms with Crippen LogP contribution in [-0.4, -0.2) is 56.3 Å². The Morgan fingerprint density at radius 1 is 1.33 bits per heavy atom. The normalized spacial score (nSPS) is 20.1. The van der Waals surface area contributed by atoms with Crippen LogP contribution in [0.2, 0.25) is 0 Å². The maximum absolute atomic E-state index is 12.8. The number of aliphatic hydroxyl groups is 1. The molecule has 0 radical (unpaired) electrons. The molecule has 0 saturated carbocycles. The molecule has 1 saturated heterocycles. The number of carbonyl (C=O) groups is 2. The van der Waals surface area contributed by atoms with Crippen molar-refractivity contribution in [3.8, 4) is 10.4 Å². The zero-order valence-electron chi connectivity index (χ0n) is 17.9. The highest BCUT2D eigenvalue weighted by Gasteiger charge is 2.41. The number of aryl methyl sites for hydroxylation is 1. The number of ether oxygens (including phenoxy) is 1. The summed E-state index contributed by atoms with van der Waals surface area (Å²) < 4.78 is 5.38. The summed E-state index contributed by atoms with van der Waals surface area (Å²) in [6.07, 6.45) is 0.581. The second-order valence-electron chi connectivity index (χ2n) is 8.51. The molecule has 1 aliphatic heterocycles. The Labute approximate surface area is 180 Å². The molecule has 0 spiro atoms. The summed E-state index contributed by atoms with van der Waals surface area (Å²) in [5, 5.41) is 12.9. The molecule has 3 rings (SSSR count). The van der Waals surface area contributed by atoms with Crippen molar-refractivity contribution in [2.45, 2.75) is 64.8 Å². The van der Waals surface area contributed by atoms with Crippen molar-refractivity contribution in [2.24, 2.45) is 0 Å². The second kappa shape index (κ2) is 8.69. The number of carbonyl (C=O) groups excluding carboxylic acids is 2. The summed E-state index contributed by atoms with van der Waals surface area (Å²) in [4.78, 5) is 36.4. The van der Waals surface area contributed by atoms with Crippen molar-refractivity contribution in [2.75, 3.05) is 6.54 Å². The number of rotatable bonds is 4. The molecule has 3 atom stereocenters. The van der Waals surface area contributed by atoms with Gasteiger partial charge in [-0.25, -0.2) is 9.78 Å². The van der Waals surface area contributed by atoms with Crippen molar-refractivity contribution in [1.29, 1.82) is 0 Å². The maximum Gasteiger partial charge on any atom is 0.411 e. The molecule has 0 aromatic carbocycles. The first-order valence-corrected chi connectivity index (χ1v) is 10.8. The van der Waals surface area contributed by atoms with Gasteiger partial charge in [-0.15, -0.1) is 11.3 Å². The van der Waals surface area contributed by atoms with Crippen LogP contribution < -0.4 is 5.32 Å². The lowest BCUT2D eigenvalue weighted by atomic mass is 10.1. The number of pyridine rings is 1. The van der Waals surface area contributed by atoms with Crippen molar-refractivity contribution in [1.82, 2.24) is 20.2 Å². The fourth-order valence-electron chi connectivity index (χ4n) is 3.34. The highest BCUT2D eigenvalue weighted by atomic mass is 32.1. The average Bonchev–Trinajstić information content (AvgIpc) is 3.26. The fraction of sp³-hybridized carbons (Fsp3) is 0.524. The highest BCUT2D eigenvalue weighted by molar-refractivity contribution is 7.13. The van der Waals surface area contributed by atoms with Gasteiger partial charge in [0.25, 0.3) is 0 Å². The number of hydrogen-bond donors (Lipinski definition) is 2. The third kappa shape index (κ3) is 5.14. The third-order valence-corrected chi connectivity index (χ3v) is 5.78. The van der Waals surface area contributed by atoms with Crippen LogP contribution in [0.5, 0.6) is 0 Å². The van der Waals surface area contributed by atoms with Crippen LogP contribution in [0.1, 0.15) is 51.5 Å². The van der Waals surface area contributed by atoms with Gasteiger partial charge in [-0.3, -0.25) is 14.7 Å². The summed E-state index contributed by atoms with van der Waals surface area (Å²) in [5.74, 6) is -0.339. The first-order valence-electron chi connectivity index (χ1n) is 9.89. The van der Waals surface area contributed by atoms with Gasteiger partial charge in [0, 0.05) is 18.2 Å². The van der Waals surface area contributed by atoms with E-state index in [1.165, 1.54) is 4.90 Å². The zero-order chi connectivity index (χ0) is 22.1. The molecule has 0 bridgehead atoms. The molecule has 0 aliphatic carbocycles. The van der Waals surface area contributed by atoms with E-state index >= 15 is 0 Å². The van der Waals surface area contributed by atoms with Gasteiger partial charge in [0.05, 0.1) is 40.5 Å². The number of aromatic nitrogens is 2. The van der Waals surface area contributed by atoms with Gasteiger partial charge >= 0.3 is 6.09 Å². The molecule has 1 fully saturated rings. The molecule has 3 heterocycles. The van der Waals surface area contributed by atoms with Crippen LogP contribution in [-0.2, 0) is 9.53 Å². The molecular formula is C21H28N4O4S. The number of hydrogen-bond acceptors (Lipinski definition) is 7. The lowest BCUT2D eigenvalue weighted by Gasteiger charge is -2.28. The van der Waals surface area contributed by atoms with E-state index in [0.717, 1.165) is 16.1 Å². The van der Waals surface area contributed by atoms with E-state index in [9.17, 15) is 14.7 Å². The van der Waals surface area contributed by atoms with Gasteiger partial charge in [-0.2, -0.15) is 0 Å². The summed E-state index contributed by atoms with van der Waals surface area (Å²) in [7, 11) is 0. The molecular weight excluding hydrogens is 404 g/mol. The van der Waals surface area contributed by atoms with Gasteiger partial charge < -0.3 is 15.2 Å². The van der Waals surface area contributed by atoms with Crippen molar-refractivity contribution >= 4 is 23.3 Å². The topological polar surface area (TPSA) is 105 Å². The minimum absolute atomic E-state index is 0.0720. The van der Waals surface area contributed by atoms with Gasteiger partial charge in [0.1, 0.15) is 11.6 Å². The quantitative estimate of drug-likeness (QED) is 0.769. The summed E-state index contributed by atoms with van der Waals surface area (Å²) >= 11 is 1.56. The van der Waals surface area contributed by atoms with Crippen LogP contribution in [0.25, 0.3) is 10.4 Å². The third-order valence-electron chi connectivity index (χ3n) is 4.81. The number of aliphatic hydroxyl groups excluding tert-OH is 1. The lowest BCUT2D eigenvalue weighted by molar-refractivity contribution is -0.126. The number of amides is 2. The molecule has 162 valence electrons. The molecule has 2 amide bonds. The van der Waals surface area contributed by atoms with Crippen LogP contribution in [0.15, 0.2) is 23.8 Å². The van der Waals surface area contributed by atoms with Gasteiger partial charge in [0.2, 0.25) is 5.91 Å². The summed E-state index contributed by atoms with van der Waals surface area (Å²) in [6, 6.07) is 2.69. The molecule has 2 N–H and O–H groups in total. The highest BCUT2D eigenvalue weighted by Crippen LogP contribution is 2.27. The second-order valence-corrected chi connectivity index (χ2v) is 9.36. The van der Waals surface area contributed by atoms with E-state index < -0.39 is 23.8 Å². The lowest BCUT2D eigenvalue weighted by Crippen LogP contribution is -2.48. The number of thiazole rings is 1. The molecule has 1 unspecified atom stereocenters. The van der Waals surface area contributed by atoms with Crippen LogP contribution in [0.3, 0.4) is 0 Å². The van der Waals surface area contributed by atoms with Crippen LogP contribution in [0, 0.1) is 6.92 Å². The Morgan fingerprint density at radius 2 is 2.07 bits per heavy atom. The summed E-state index contributed by atoms with van der Waals surface area (Å²) in [5.41, 5.74) is 3.76. The van der Waals surface area contributed by atoms with Gasteiger partial charge in [-0.05, 0) is 40.7 Å². The van der Waals surface area contributed by atoms with Crippen molar-refractivity contribution in [3.05, 3.63) is 35.2 Å². The molecule has 2 aromatic heterocycles. The van der Waals surface area contributed by atoms with E-state index in [4.69, 9.17) is 4.74 Å². The number of nitrogens with one attached hydrogen (secondary N) is 1. The fourth-order valence-corrected chi connectivity index (χ4v) is 4.14. The number of β-amino-alcohol motifs (C(OH)–C–C–N with tert-alkyl or cyclic N) is 1. The van der Waals surface area contributed by atoms with E-state index in [1.54, 1.807) is 43.8 Å². The predicted molar refractivity (Wildman–Crippen MR) is 114 cm³/mol. The molecule has 8 nitrogen and oxygen atoms in total. The SMILES string of the molecule is Cc1ncsc1-c1ccc(C(C)NC(=O)[C@@H]2C[C@@H](O)CN2C(=O)OC(C)(C)C)nc1. The van der Waals surface area contributed by atoms with Crippen molar-refractivity contribution in [3.63, 3.8) is 0 Å². The Balaban J connectivity index is 1.66. The minimum atomic E-state index is -0.781. The molecule has 2 aromatic rings. The van der Waals surface area contributed by atoms with Crippen molar-refractivity contribution < 1.29 is 19.4 Å². The van der Waals surface area contributed by atoms with Gasteiger partial charge in [0.15, 0.2) is 0 Å². The molecule has 30 heavy (non-hydrogen) atoms. The smallest absolute Gasteiger partial charge is 0.411 e. The first kappa shape index (κ1) is 22.2. The van der Waals surface area contributed by atoms with Crippen LogP contribution >= 0.6 is 11.3 Å². The van der Waals surface area contributed by atoms with E-state index in [0.29, 0.717) is 5.69 Å². The van der Waals surface area contributed by atoms with Crippen LogP contribution in [0.4, 0.5) is 4.79 Å². The van der Waals surface area contributed by atoms with E-state index in [-0.39, 0.29) is 24.9 Å². The Morgan fingerprint density at radius 3 is 2.63 bits per heavy atom. The maximum atomic E-state index is 12.8. The predicted octanol–water partition coefficient (Wildman–Crippen LogP) is 3.06. The Hall–Kier alpha value is -2.52.